The lowest BCUT2D eigenvalue weighted by atomic mass is 10.0. The van der Waals surface area contributed by atoms with E-state index in [0.717, 1.165) is 5.69 Å². The molecule has 0 spiro atoms. The van der Waals surface area contributed by atoms with E-state index in [2.05, 4.69) is 20.9 Å². The Labute approximate surface area is 107 Å². The van der Waals surface area contributed by atoms with Gasteiger partial charge in [-0.25, -0.2) is 4.39 Å². The van der Waals surface area contributed by atoms with Gasteiger partial charge < -0.3 is 5.11 Å². The molecular formula is C13H11BrFNO. The van der Waals surface area contributed by atoms with Gasteiger partial charge in [0, 0.05) is 23.9 Å². The molecule has 0 radical (unpaired) electrons. The van der Waals surface area contributed by atoms with Gasteiger partial charge in [-0.1, -0.05) is 18.2 Å². The molecule has 2 nitrogen and oxygen atoms in total. The van der Waals surface area contributed by atoms with Gasteiger partial charge in [0.1, 0.15) is 5.82 Å². The van der Waals surface area contributed by atoms with Crippen LogP contribution in [0.2, 0.25) is 0 Å². The van der Waals surface area contributed by atoms with Gasteiger partial charge >= 0.3 is 0 Å². The fourth-order valence-corrected chi connectivity index (χ4v) is 1.99. The zero-order chi connectivity index (χ0) is 12.3. The molecule has 0 saturated carbocycles. The smallest absolute Gasteiger partial charge is 0.143 e. The van der Waals surface area contributed by atoms with E-state index in [4.69, 9.17) is 0 Å². The molecule has 2 rings (SSSR count). The maximum absolute atomic E-state index is 13.7. The van der Waals surface area contributed by atoms with Gasteiger partial charge in [-0.05, 0) is 34.1 Å². The molecule has 0 bridgehead atoms. The molecular weight excluding hydrogens is 285 g/mol. The molecule has 0 saturated heterocycles. The first-order valence-corrected chi connectivity index (χ1v) is 5.99. The van der Waals surface area contributed by atoms with Crippen LogP contribution in [0.5, 0.6) is 0 Å². The number of aliphatic hydroxyl groups excluding tert-OH is 1. The molecule has 1 unspecified atom stereocenters. The Morgan fingerprint density at radius 3 is 2.76 bits per heavy atom. The minimum atomic E-state index is -0.887. The largest absolute Gasteiger partial charge is 0.388 e. The van der Waals surface area contributed by atoms with E-state index in [-0.39, 0.29) is 5.56 Å². The molecule has 2 aromatic rings. The molecule has 0 aliphatic carbocycles. The van der Waals surface area contributed by atoms with Gasteiger partial charge in [0.15, 0.2) is 0 Å². The van der Waals surface area contributed by atoms with Gasteiger partial charge in [0.25, 0.3) is 0 Å². The molecule has 1 heterocycles. The van der Waals surface area contributed by atoms with E-state index in [9.17, 15) is 9.50 Å². The average Bonchev–Trinajstić information content (AvgIpc) is 2.34. The Morgan fingerprint density at radius 1 is 1.24 bits per heavy atom. The van der Waals surface area contributed by atoms with E-state index < -0.39 is 11.9 Å². The third-order valence-corrected chi connectivity index (χ3v) is 3.08. The summed E-state index contributed by atoms with van der Waals surface area (Å²) in [6.45, 7) is 0. The van der Waals surface area contributed by atoms with Crippen LogP contribution in [0.3, 0.4) is 0 Å². The van der Waals surface area contributed by atoms with Crippen molar-refractivity contribution in [3.8, 4) is 0 Å². The van der Waals surface area contributed by atoms with Crippen molar-refractivity contribution in [3.63, 3.8) is 0 Å². The summed E-state index contributed by atoms with van der Waals surface area (Å²) >= 11 is 3.10. The minimum absolute atomic E-state index is 0.282. The number of rotatable bonds is 3. The lowest BCUT2D eigenvalue weighted by Gasteiger charge is -2.12. The lowest BCUT2D eigenvalue weighted by molar-refractivity contribution is 0.172. The number of aromatic nitrogens is 1. The monoisotopic (exact) mass is 295 g/mol. The van der Waals surface area contributed by atoms with Crippen LogP contribution >= 0.6 is 15.9 Å². The predicted octanol–water partition coefficient (Wildman–Crippen LogP) is 3.26. The van der Waals surface area contributed by atoms with Crippen molar-refractivity contribution in [2.45, 2.75) is 12.5 Å². The predicted molar refractivity (Wildman–Crippen MR) is 67.0 cm³/mol. The van der Waals surface area contributed by atoms with Crippen LogP contribution in [0.1, 0.15) is 17.4 Å². The van der Waals surface area contributed by atoms with Crippen molar-refractivity contribution >= 4 is 15.9 Å². The Balaban J connectivity index is 2.20. The number of nitrogens with zero attached hydrogens (tertiary/aromatic N) is 1. The van der Waals surface area contributed by atoms with Gasteiger partial charge in [0.2, 0.25) is 0 Å². The van der Waals surface area contributed by atoms with Crippen molar-refractivity contribution in [2.75, 3.05) is 0 Å². The maximum Gasteiger partial charge on any atom is 0.143 e. The second-order valence-corrected chi connectivity index (χ2v) is 4.54. The number of hydrogen-bond acceptors (Lipinski definition) is 2. The number of aliphatic hydroxyl groups is 1. The van der Waals surface area contributed by atoms with Crippen LogP contribution in [0, 0.1) is 5.82 Å². The minimum Gasteiger partial charge on any atom is -0.388 e. The zero-order valence-electron chi connectivity index (χ0n) is 8.98. The summed E-state index contributed by atoms with van der Waals surface area (Å²) < 4.78 is 14.1. The highest BCUT2D eigenvalue weighted by atomic mass is 79.9. The number of benzene rings is 1. The van der Waals surface area contributed by atoms with E-state index in [1.165, 1.54) is 0 Å². The second kappa shape index (κ2) is 5.38. The molecule has 1 atom stereocenters. The summed E-state index contributed by atoms with van der Waals surface area (Å²) in [7, 11) is 0. The van der Waals surface area contributed by atoms with Gasteiger partial charge in [-0.3, -0.25) is 4.98 Å². The molecule has 1 aromatic heterocycles. The van der Waals surface area contributed by atoms with Crippen LogP contribution in [-0.2, 0) is 6.42 Å². The topological polar surface area (TPSA) is 33.1 Å². The van der Waals surface area contributed by atoms with Crippen molar-refractivity contribution in [3.05, 3.63) is 64.1 Å². The molecule has 17 heavy (non-hydrogen) atoms. The highest BCUT2D eigenvalue weighted by molar-refractivity contribution is 9.10. The van der Waals surface area contributed by atoms with Gasteiger partial charge in [-0.15, -0.1) is 0 Å². The molecule has 88 valence electrons. The molecule has 1 N–H and O–H groups in total. The summed E-state index contributed by atoms with van der Waals surface area (Å²) in [6.07, 6.45) is 1.07. The van der Waals surface area contributed by atoms with Crippen molar-refractivity contribution in [1.29, 1.82) is 0 Å². The van der Waals surface area contributed by atoms with E-state index in [0.29, 0.717) is 10.9 Å². The molecule has 0 aliphatic heterocycles. The summed E-state index contributed by atoms with van der Waals surface area (Å²) in [6, 6.07) is 10.3. The third-order valence-electron chi connectivity index (χ3n) is 2.47. The number of pyridine rings is 1. The third kappa shape index (κ3) is 2.90. The van der Waals surface area contributed by atoms with Crippen molar-refractivity contribution < 1.29 is 9.50 Å². The van der Waals surface area contributed by atoms with Crippen LogP contribution in [-0.4, -0.2) is 10.1 Å². The number of hydrogen-bond donors (Lipinski definition) is 1. The molecule has 0 amide bonds. The van der Waals surface area contributed by atoms with E-state index >= 15 is 0 Å². The first kappa shape index (κ1) is 12.2. The Hall–Kier alpha value is -1.26. The first-order chi connectivity index (χ1) is 8.18. The molecule has 0 fully saturated rings. The Bertz CT molecular complexity index is 504. The molecule has 0 aliphatic rings. The SMILES string of the molecule is OC(Cc1ccccn1)c1cccc(Br)c1F. The zero-order valence-corrected chi connectivity index (χ0v) is 10.6. The normalized spacial score (nSPS) is 12.4. The standard InChI is InChI=1S/C13H11BrFNO/c14-11-6-3-5-10(13(11)15)12(17)8-9-4-1-2-7-16-9/h1-7,12,17H,8H2. The summed E-state index contributed by atoms with van der Waals surface area (Å²) in [5.41, 5.74) is 1.02. The highest BCUT2D eigenvalue weighted by Crippen LogP contribution is 2.25. The highest BCUT2D eigenvalue weighted by Gasteiger charge is 2.15. The van der Waals surface area contributed by atoms with Crippen LogP contribution < -0.4 is 0 Å². The van der Waals surface area contributed by atoms with E-state index in [1.807, 2.05) is 6.07 Å². The lowest BCUT2D eigenvalue weighted by Crippen LogP contribution is -2.05. The Morgan fingerprint density at radius 2 is 2.06 bits per heavy atom. The van der Waals surface area contributed by atoms with Crippen LogP contribution in [0.4, 0.5) is 4.39 Å². The fraction of sp³-hybridized carbons (Fsp3) is 0.154. The van der Waals surface area contributed by atoms with Crippen LogP contribution in [0.25, 0.3) is 0 Å². The second-order valence-electron chi connectivity index (χ2n) is 3.68. The van der Waals surface area contributed by atoms with Gasteiger partial charge in [-0.2, -0.15) is 0 Å². The van der Waals surface area contributed by atoms with Crippen LogP contribution in [0.15, 0.2) is 47.1 Å². The van der Waals surface area contributed by atoms with Crippen molar-refractivity contribution in [1.82, 2.24) is 4.98 Å². The Kier molecular flexibility index (Phi) is 3.86. The van der Waals surface area contributed by atoms with Crippen molar-refractivity contribution in [2.24, 2.45) is 0 Å². The van der Waals surface area contributed by atoms with Gasteiger partial charge in [0.05, 0.1) is 10.6 Å². The summed E-state index contributed by atoms with van der Waals surface area (Å²) in [4.78, 5) is 4.10. The maximum atomic E-state index is 13.7. The van der Waals surface area contributed by atoms with E-state index in [1.54, 1.807) is 36.5 Å². The number of halogens is 2. The fourth-order valence-electron chi connectivity index (χ4n) is 1.60. The average molecular weight is 296 g/mol. The first-order valence-electron chi connectivity index (χ1n) is 5.20. The summed E-state index contributed by atoms with van der Waals surface area (Å²) in [5, 5.41) is 9.98. The summed E-state index contributed by atoms with van der Waals surface area (Å²) in [5.74, 6) is -0.420. The molecule has 1 aromatic carbocycles. The molecule has 4 heteroatoms. The quantitative estimate of drug-likeness (QED) is 0.943.